The Labute approximate surface area is 179 Å². The van der Waals surface area contributed by atoms with Crippen LogP contribution in [0.2, 0.25) is 0 Å². The van der Waals surface area contributed by atoms with E-state index in [1.807, 2.05) is 12.1 Å². The summed E-state index contributed by atoms with van der Waals surface area (Å²) in [5, 5.41) is 14.2. The van der Waals surface area contributed by atoms with Gasteiger partial charge >= 0.3 is 0 Å². The molecule has 0 fully saturated rings. The minimum Gasteiger partial charge on any atom is -0.493 e. The molecule has 2 aromatic rings. The standard InChI is InChI=1S/C21H24N4O4S/c1-13-10-15-11-18(28-2)19(29-3)12-17(15)20(23-24(13)21-22-8-9-30-21)14-4-6-16(7-5-14)25(26)27/h4-7,11-13,20,23H,8-10H2,1-3H3/t13?,20-/m1/s1. The Hall–Kier alpha value is -2.78. The molecule has 0 bridgehead atoms. The summed E-state index contributed by atoms with van der Waals surface area (Å²) < 4.78 is 11.1. The highest BCUT2D eigenvalue weighted by Crippen LogP contribution is 2.39. The van der Waals surface area contributed by atoms with E-state index in [1.165, 1.54) is 12.1 Å². The first-order valence-electron chi connectivity index (χ1n) is 9.73. The lowest BCUT2D eigenvalue weighted by Crippen LogP contribution is -2.47. The van der Waals surface area contributed by atoms with Crippen molar-refractivity contribution in [1.82, 2.24) is 10.4 Å². The predicted octanol–water partition coefficient (Wildman–Crippen LogP) is 3.56. The molecule has 158 valence electrons. The molecular formula is C21H24N4O4S. The number of nitrogens with zero attached hydrogens (tertiary/aromatic N) is 3. The SMILES string of the molecule is COc1cc2c(cc1OC)[C@@H](c1ccc([N+](=O)[O-])cc1)NN(C1=NCCS1)C(C)C2. The molecule has 0 aromatic heterocycles. The fourth-order valence-corrected chi connectivity index (χ4v) is 4.80. The monoisotopic (exact) mass is 428 g/mol. The van der Waals surface area contributed by atoms with Crippen LogP contribution in [-0.4, -0.2) is 47.7 Å². The molecule has 30 heavy (non-hydrogen) atoms. The number of benzene rings is 2. The molecule has 2 aliphatic heterocycles. The average molecular weight is 429 g/mol. The van der Waals surface area contributed by atoms with Crippen LogP contribution in [0.15, 0.2) is 41.4 Å². The number of methoxy groups -OCH3 is 2. The lowest BCUT2D eigenvalue weighted by Gasteiger charge is -2.32. The minimum atomic E-state index is -0.385. The van der Waals surface area contributed by atoms with Gasteiger partial charge in [-0.25, -0.2) is 5.43 Å². The van der Waals surface area contributed by atoms with Crippen LogP contribution < -0.4 is 14.9 Å². The molecule has 1 N–H and O–H groups in total. The maximum absolute atomic E-state index is 11.1. The number of aliphatic imine (C=N–C) groups is 1. The second-order valence-corrected chi connectivity index (χ2v) is 8.31. The summed E-state index contributed by atoms with van der Waals surface area (Å²) in [7, 11) is 3.25. The van der Waals surface area contributed by atoms with E-state index in [9.17, 15) is 10.1 Å². The Morgan fingerprint density at radius 3 is 2.50 bits per heavy atom. The molecule has 0 saturated heterocycles. The smallest absolute Gasteiger partial charge is 0.269 e. The van der Waals surface area contributed by atoms with Gasteiger partial charge in [-0.1, -0.05) is 23.9 Å². The number of hydrazine groups is 1. The number of nitro benzene ring substituents is 1. The van der Waals surface area contributed by atoms with Crippen LogP contribution in [0.4, 0.5) is 5.69 Å². The highest BCUT2D eigenvalue weighted by molar-refractivity contribution is 8.14. The Bertz CT molecular complexity index is 980. The lowest BCUT2D eigenvalue weighted by molar-refractivity contribution is -0.384. The van der Waals surface area contributed by atoms with E-state index < -0.39 is 0 Å². The van der Waals surface area contributed by atoms with Crippen molar-refractivity contribution in [2.24, 2.45) is 4.99 Å². The summed E-state index contributed by atoms with van der Waals surface area (Å²) in [6.07, 6.45) is 0.797. The number of ether oxygens (including phenoxy) is 2. The van der Waals surface area contributed by atoms with Crippen molar-refractivity contribution < 1.29 is 14.4 Å². The molecule has 0 amide bonds. The first-order valence-corrected chi connectivity index (χ1v) is 10.7. The van der Waals surface area contributed by atoms with Gasteiger partial charge < -0.3 is 9.47 Å². The number of hydrogen-bond donors (Lipinski definition) is 1. The molecule has 2 aromatic carbocycles. The number of rotatable bonds is 4. The van der Waals surface area contributed by atoms with Crippen molar-refractivity contribution in [1.29, 1.82) is 0 Å². The van der Waals surface area contributed by atoms with Crippen LogP contribution >= 0.6 is 11.8 Å². The molecule has 9 heteroatoms. The van der Waals surface area contributed by atoms with Gasteiger partial charge in [0, 0.05) is 23.9 Å². The van der Waals surface area contributed by atoms with Gasteiger partial charge in [0.2, 0.25) is 0 Å². The molecule has 2 heterocycles. The molecule has 4 rings (SSSR count). The topological polar surface area (TPSA) is 89.2 Å². The number of amidine groups is 1. The second kappa shape index (κ2) is 8.53. The third-order valence-electron chi connectivity index (χ3n) is 5.39. The highest BCUT2D eigenvalue weighted by atomic mass is 32.2. The normalized spacial score (nSPS) is 20.9. The van der Waals surface area contributed by atoms with E-state index in [0.717, 1.165) is 40.6 Å². The van der Waals surface area contributed by atoms with Crippen molar-refractivity contribution in [3.8, 4) is 11.5 Å². The number of thioether (sulfide) groups is 1. The Balaban J connectivity index is 1.82. The summed E-state index contributed by atoms with van der Waals surface area (Å²) in [5.74, 6) is 2.31. The van der Waals surface area contributed by atoms with Gasteiger partial charge in [0.1, 0.15) is 0 Å². The van der Waals surface area contributed by atoms with Gasteiger partial charge in [0.15, 0.2) is 16.7 Å². The van der Waals surface area contributed by atoms with Gasteiger partial charge in [0.25, 0.3) is 5.69 Å². The largest absolute Gasteiger partial charge is 0.493 e. The van der Waals surface area contributed by atoms with E-state index in [2.05, 4.69) is 22.4 Å². The van der Waals surface area contributed by atoms with Gasteiger partial charge in [-0.15, -0.1) is 0 Å². The van der Waals surface area contributed by atoms with Crippen molar-refractivity contribution >= 4 is 22.6 Å². The molecule has 2 aliphatic rings. The van der Waals surface area contributed by atoms with Crippen molar-refractivity contribution in [3.05, 3.63) is 63.2 Å². The third-order valence-corrected chi connectivity index (χ3v) is 6.36. The highest BCUT2D eigenvalue weighted by Gasteiger charge is 2.32. The summed E-state index contributed by atoms with van der Waals surface area (Å²) in [6.45, 7) is 2.97. The molecule has 0 aliphatic carbocycles. The minimum absolute atomic E-state index is 0.0702. The van der Waals surface area contributed by atoms with Crippen molar-refractivity contribution in [2.75, 3.05) is 26.5 Å². The number of nitro groups is 1. The molecule has 1 unspecified atom stereocenters. The maximum Gasteiger partial charge on any atom is 0.269 e. The van der Waals surface area contributed by atoms with Gasteiger partial charge in [-0.3, -0.25) is 20.1 Å². The van der Waals surface area contributed by atoms with Gasteiger partial charge in [-0.2, -0.15) is 0 Å². The number of hydrogen-bond acceptors (Lipinski definition) is 8. The lowest BCUT2D eigenvalue weighted by atomic mass is 9.92. The number of nitrogens with one attached hydrogen (secondary N) is 1. The molecule has 2 atom stereocenters. The van der Waals surface area contributed by atoms with Crippen molar-refractivity contribution in [3.63, 3.8) is 0 Å². The van der Waals surface area contributed by atoms with Gasteiger partial charge in [-0.05, 0) is 42.2 Å². The fourth-order valence-electron chi connectivity index (χ4n) is 3.88. The van der Waals surface area contributed by atoms with Crippen molar-refractivity contribution in [2.45, 2.75) is 25.4 Å². The van der Waals surface area contributed by atoms with Crippen LogP contribution in [0, 0.1) is 10.1 Å². The zero-order chi connectivity index (χ0) is 21.3. The Kier molecular flexibility index (Phi) is 5.83. The van der Waals surface area contributed by atoms with Crippen LogP contribution in [0.5, 0.6) is 11.5 Å². The van der Waals surface area contributed by atoms with E-state index in [0.29, 0.717) is 11.5 Å². The third kappa shape index (κ3) is 3.82. The molecular weight excluding hydrogens is 404 g/mol. The van der Waals surface area contributed by atoms with Crippen LogP contribution in [0.1, 0.15) is 29.7 Å². The Morgan fingerprint density at radius 1 is 1.20 bits per heavy atom. The first-order chi connectivity index (χ1) is 14.5. The van der Waals surface area contributed by atoms with E-state index in [-0.39, 0.29) is 22.7 Å². The van der Waals surface area contributed by atoms with Gasteiger partial charge in [0.05, 0.1) is 31.7 Å². The number of non-ortho nitro benzene ring substituents is 1. The summed E-state index contributed by atoms with van der Waals surface area (Å²) in [4.78, 5) is 15.4. The average Bonchev–Trinajstić information content (AvgIpc) is 3.24. The summed E-state index contributed by atoms with van der Waals surface area (Å²) in [5.41, 5.74) is 6.83. The molecule has 8 nitrogen and oxygen atoms in total. The Morgan fingerprint density at radius 2 is 1.90 bits per heavy atom. The number of fused-ring (bicyclic) bond motifs is 1. The zero-order valence-electron chi connectivity index (χ0n) is 17.1. The molecule has 0 spiro atoms. The van der Waals surface area contributed by atoms with Crippen LogP contribution in [-0.2, 0) is 6.42 Å². The second-order valence-electron chi connectivity index (χ2n) is 7.25. The quantitative estimate of drug-likeness (QED) is 0.588. The zero-order valence-corrected chi connectivity index (χ0v) is 17.9. The predicted molar refractivity (Wildman–Crippen MR) is 117 cm³/mol. The first kappa shape index (κ1) is 20.5. The summed E-state index contributed by atoms with van der Waals surface area (Å²) >= 11 is 1.73. The van der Waals surface area contributed by atoms with E-state index in [4.69, 9.17) is 9.47 Å². The van der Waals surface area contributed by atoms with Crippen LogP contribution in [0.25, 0.3) is 0 Å². The maximum atomic E-state index is 11.1. The molecule has 0 saturated carbocycles. The van der Waals surface area contributed by atoms with E-state index in [1.54, 1.807) is 38.1 Å². The molecule has 0 radical (unpaired) electrons. The van der Waals surface area contributed by atoms with E-state index >= 15 is 0 Å². The fraction of sp³-hybridized carbons (Fsp3) is 0.381. The van der Waals surface area contributed by atoms with Crippen LogP contribution in [0.3, 0.4) is 0 Å². The summed E-state index contributed by atoms with van der Waals surface area (Å²) in [6, 6.07) is 10.6.